The van der Waals surface area contributed by atoms with Gasteiger partial charge in [0.1, 0.15) is 23.8 Å². The molecule has 5 rings (SSSR count). The van der Waals surface area contributed by atoms with Crippen molar-refractivity contribution in [2.75, 3.05) is 23.7 Å². The quantitative estimate of drug-likeness (QED) is 0.253. The number of ether oxygens (including phenoxy) is 1. The Morgan fingerprint density at radius 3 is 2.58 bits per heavy atom. The Morgan fingerprint density at radius 1 is 1.05 bits per heavy atom. The Kier molecular flexibility index (Phi) is 6.53. The molecule has 0 amide bonds. The van der Waals surface area contributed by atoms with E-state index in [1.807, 2.05) is 0 Å². The number of piperidine rings is 1. The summed E-state index contributed by atoms with van der Waals surface area (Å²) in [5.74, 6) is -3.28. The lowest BCUT2D eigenvalue weighted by Gasteiger charge is -2.43. The van der Waals surface area contributed by atoms with Gasteiger partial charge in [-0.15, -0.1) is 0 Å². The third-order valence-electron chi connectivity index (χ3n) is 6.52. The Bertz CT molecular complexity index is 1500. The van der Waals surface area contributed by atoms with Gasteiger partial charge in [0.25, 0.3) is 6.43 Å². The number of benzene rings is 1. The number of fused-ring (bicyclic) bond motifs is 1. The first kappa shape index (κ1) is 25.6. The zero-order chi connectivity index (χ0) is 27.2. The normalized spacial score (nSPS) is 18.8. The van der Waals surface area contributed by atoms with E-state index < -0.39 is 35.5 Å². The number of nitrogen functional groups attached to an aromatic ring is 1. The SMILES string of the molecule is Nc1ncnn2c(Oc3cc(-c4cc(F)c(F)cc4F)ncc3N3CCC[C@](N)([C@H](O)C(F)F)C3)ccc12. The van der Waals surface area contributed by atoms with E-state index in [1.165, 1.54) is 23.1 Å². The smallest absolute Gasteiger partial charge is 0.265 e. The number of aromatic nitrogens is 4. The molecule has 5 N–H and O–H groups in total. The molecule has 0 saturated carbocycles. The number of nitrogens with two attached hydrogens (primary N) is 2. The van der Waals surface area contributed by atoms with Crippen molar-refractivity contribution >= 4 is 17.0 Å². The number of aliphatic hydroxyl groups excluding tert-OH is 1. The predicted octanol–water partition coefficient (Wildman–Crippen LogP) is 3.51. The number of pyridine rings is 1. The van der Waals surface area contributed by atoms with Crippen molar-refractivity contribution in [1.29, 1.82) is 0 Å². The minimum absolute atomic E-state index is 0.0621. The van der Waals surface area contributed by atoms with Gasteiger partial charge in [-0.1, -0.05) is 0 Å². The van der Waals surface area contributed by atoms with Crippen LogP contribution in [0.3, 0.4) is 0 Å². The average molecular weight is 535 g/mol. The van der Waals surface area contributed by atoms with Gasteiger partial charge in [-0.2, -0.15) is 9.61 Å². The molecule has 2 atom stereocenters. The summed E-state index contributed by atoms with van der Waals surface area (Å²) in [5, 5.41) is 14.2. The standard InChI is InChI=1S/C24H22F5N7O2/c25-13-7-15(27)14(26)6-12(13)16-8-19(38-20-3-2-17-23(30)33-11-34-36(17)20)18(9-32-16)35-5-1-4-24(31,10-35)21(37)22(28)29/h2-3,6-9,11,21-22,37H,1,4-5,10,31H2,(H2,30,33,34)/t21-,24-/m1/s1. The molecule has 0 radical (unpaired) electrons. The molecule has 9 nitrogen and oxygen atoms in total. The summed E-state index contributed by atoms with van der Waals surface area (Å²) in [5.41, 5.74) is 10.7. The van der Waals surface area contributed by atoms with Gasteiger partial charge >= 0.3 is 0 Å². The van der Waals surface area contributed by atoms with Crippen LogP contribution in [-0.4, -0.2) is 55.8 Å². The number of aliphatic hydroxyl groups is 1. The molecule has 1 fully saturated rings. The van der Waals surface area contributed by atoms with E-state index in [4.69, 9.17) is 16.2 Å². The van der Waals surface area contributed by atoms with Crippen molar-refractivity contribution in [1.82, 2.24) is 19.6 Å². The van der Waals surface area contributed by atoms with E-state index >= 15 is 0 Å². The van der Waals surface area contributed by atoms with Crippen LogP contribution in [0.1, 0.15) is 12.8 Å². The number of nitrogens with zero attached hydrogens (tertiary/aromatic N) is 5. The molecule has 0 bridgehead atoms. The highest BCUT2D eigenvalue weighted by Gasteiger charge is 2.43. The minimum atomic E-state index is -3.05. The van der Waals surface area contributed by atoms with Gasteiger partial charge in [0.05, 0.1) is 23.1 Å². The number of rotatable bonds is 6. The van der Waals surface area contributed by atoms with Crippen molar-refractivity contribution in [3.63, 3.8) is 0 Å². The van der Waals surface area contributed by atoms with Crippen molar-refractivity contribution < 1.29 is 31.8 Å². The fourth-order valence-electron chi connectivity index (χ4n) is 4.54. The molecular weight excluding hydrogens is 513 g/mol. The number of halogens is 5. The largest absolute Gasteiger partial charge is 0.437 e. The van der Waals surface area contributed by atoms with Gasteiger partial charge in [-0.25, -0.2) is 26.9 Å². The lowest BCUT2D eigenvalue weighted by Crippen LogP contribution is -2.63. The van der Waals surface area contributed by atoms with E-state index in [9.17, 15) is 27.1 Å². The average Bonchev–Trinajstić information content (AvgIpc) is 3.29. The molecule has 0 spiro atoms. The first-order chi connectivity index (χ1) is 18.1. The molecule has 38 heavy (non-hydrogen) atoms. The summed E-state index contributed by atoms with van der Waals surface area (Å²) in [6, 6.07) is 5.52. The van der Waals surface area contributed by atoms with Gasteiger partial charge in [0, 0.05) is 36.9 Å². The van der Waals surface area contributed by atoms with Crippen LogP contribution >= 0.6 is 0 Å². The van der Waals surface area contributed by atoms with Crippen molar-refractivity contribution in [3.8, 4) is 22.9 Å². The Labute approximate surface area is 212 Å². The number of hydrogen-bond acceptors (Lipinski definition) is 8. The Balaban J connectivity index is 1.60. The lowest BCUT2D eigenvalue weighted by molar-refractivity contribution is -0.0529. The molecule has 1 aliphatic heterocycles. The number of alkyl halides is 2. The van der Waals surface area contributed by atoms with Gasteiger partial charge in [-0.05, 0) is 25.0 Å². The topological polar surface area (TPSA) is 128 Å². The maximum atomic E-state index is 14.6. The highest BCUT2D eigenvalue weighted by molar-refractivity contribution is 5.70. The molecular formula is C24H22F5N7O2. The summed E-state index contributed by atoms with van der Waals surface area (Å²) < 4.78 is 76.1. The second kappa shape index (κ2) is 9.68. The van der Waals surface area contributed by atoms with Gasteiger partial charge in [0.15, 0.2) is 23.2 Å². The van der Waals surface area contributed by atoms with E-state index in [2.05, 4.69) is 15.1 Å². The molecule has 4 heterocycles. The Morgan fingerprint density at radius 2 is 1.82 bits per heavy atom. The third-order valence-corrected chi connectivity index (χ3v) is 6.52. The summed E-state index contributed by atoms with van der Waals surface area (Å²) in [6.07, 6.45) is -2.11. The summed E-state index contributed by atoms with van der Waals surface area (Å²) in [6.45, 7) is 0.190. The molecule has 4 aromatic rings. The van der Waals surface area contributed by atoms with Crippen LogP contribution in [0.25, 0.3) is 16.8 Å². The monoisotopic (exact) mass is 535 g/mol. The van der Waals surface area contributed by atoms with Crippen LogP contribution < -0.4 is 21.1 Å². The molecule has 3 aromatic heterocycles. The molecule has 1 saturated heterocycles. The van der Waals surface area contributed by atoms with Crippen LogP contribution in [0.5, 0.6) is 11.6 Å². The van der Waals surface area contributed by atoms with E-state index in [1.54, 1.807) is 17.0 Å². The number of anilines is 2. The molecule has 200 valence electrons. The van der Waals surface area contributed by atoms with Gasteiger partial charge in [-0.3, -0.25) is 4.98 Å². The minimum Gasteiger partial charge on any atom is -0.437 e. The van der Waals surface area contributed by atoms with Crippen LogP contribution in [0.4, 0.5) is 33.5 Å². The van der Waals surface area contributed by atoms with Crippen molar-refractivity contribution in [3.05, 3.63) is 60.3 Å². The summed E-state index contributed by atoms with van der Waals surface area (Å²) >= 11 is 0. The molecule has 14 heteroatoms. The molecule has 1 aliphatic rings. The van der Waals surface area contributed by atoms with Crippen LogP contribution in [-0.2, 0) is 0 Å². The van der Waals surface area contributed by atoms with Crippen LogP contribution in [0.15, 0.2) is 42.9 Å². The first-order valence-electron chi connectivity index (χ1n) is 11.5. The summed E-state index contributed by atoms with van der Waals surface area (Å²) in [7, 11) is 0. The number of hydrogen-bond donors (Lipinski definition) is 3. The van der Waals surface area contributed by atoms with Gasteiger partial charge in [0.2, 0.25) is 5.88 Å². The van der Waals surface area contributed by atoms with E-state index in [-0.39, 0.29) is 47.4 Å². The van der Waals surface area contributed by atoms with Crippen molar-refractivity contribution in [2.45, 2.75) is 30.9 Å². The third kappa shape index (κ3) is 4.56. The van der Waals surface area contributed by atoms with E-state index in [0.29, 0.717) is 30.6 Å². The van der Waals surface area contributed by atoms with Crippen molar-refractivity contribution in [2.24, 2.45) is 5.73 Å². The maximum Gasteiger partial charge on any atom is 0.265 e. The molecule has 0 aliphatic carbocycles. The molecule has 0 unspecified atom stereocenters. The fourth-order valence-corrected chi connectivity index (χ4v) is 4.54. The zero-order valence-corrected chi connectivity index (χ0v) is 19.7. The second-order valence-electron chi connectivity index (χ2n) is 9.04. The van der Waals surface area contributed by atoms with Crippen LogP contribution in [0, 0.1) is 17.5 Å². The fraction of sp³-hybridized carbons (Fsp3) is 0.292. The molecule has 1 aromatic carbocycles. The van der Waals surface area contributed by atoms with Crippen LogP contribution in [0.2, 0.25) is 0 Å². The Hall–Kier alpha value is -4.04. The predicted molar refractivity (Wildman–Crippen MR) is 127 cm³/mol. The zero-order valence-electron chi connectivity index (χ0n) is 19.7. The van der Waals surface area contributed by atoms with E-state index in [0.717, 1.165) is 0 Å². The second-order valence-corrected chi connectivity index (χ2v) is 9.04. The first-order valence-corrected chi connectivity index (χ1v) is 11.5. The highest BCUT2D eigenvalue weighted by atomic mass is 19.3. The highest BCUT2D eigenvalue weighted by Crippen LogP contribution is 2.39. The summed E-state index contributed by atoms with van der Waals surface area (Å²) in [4.78, 5) is 9.72. The van der Waals surface area contributed by atoms with Gasteiger partial charge < -0.3 is 26.2 Å². The lowest BCUT2D eigenvalue weighted by atomic mass is 9.84. The maximum absolute atomic E-state index is 14.6.